The number of hydrogen-bond donors (Lipinski definition) is 0. The van der Waals surface area contributed by atoms with Crippen molar-refractivity contribution in [1.29, 1.82) is 0 Å². The van der Waals surface area contributed by atoms with Gasteiger partial charge >= 0.3 is 0 Å². The zero-order chi connectivity index (χ0) is 46.8. The summed E-state index contributed by atoms with van der Waals surface area (Å²) in [6.45, 7) is 0. The fraction of sp³-hybridized carbons (Fsp3) is 0.0149. The molecule has 0 unspecified atom stereocenters. The van der Waals surface area contributed by atoms with Crippen LogP contribution in [0.25, 0.3) is 82.5 Å². The molecule has 342 valence electrons. The first-order valence-electron chi connectivity index (χ1n) is 24.3. The zero-order valence-electron chi connectivity index (χ0n) is 38.7. The molecule has 0 aliphatic rings. The molecular weight excluding hydrogens is 875 g/mol. The van der Waals surface area contributed by atoms with Crippen molar-refractivity contribution in [3.8, 4) is 17.1 Å². The lowest BCUT2D eigenvalue weighted by Crippen LogP contribution is -2.10. The van der Waals surface area contributed by atoms with Gasteiger partial charge in [-0.25, -0.2) is 0 Å². The molecule has 0 radical (unpaired) electrons. The van der Waals surface area contributed by atoms with Gasteiger partial charge in [-0.15, -0.1) is 0 Å². The van der Waals surface area contributed by atoms with E-state index in [0.717, 1.165) is 62.2 Å². The highest BCUT2D eigenvalue weighted by Crippen LogP contribution is 2.45. The Morgan fingerprint density at radius 1 is 0.194 bits per heavy atom. The smallest absolute Gasteiger partial charge is 0.0542 e. The van der Waals surface area contributed by atoms with Gasteiger partial charge in [0.25, 0.3) is 0 Å². The Hall–Kier alpha value is -9.58. The van der Waals surface area contributed by atoms with Gasteiger partial charge in [0.1, 0.15) is 0 Å². The van der Waals surface area contributed by atoms with Crippen molar-refractivity contribution in [3.63, 3.8) is 0 Å². The SMILES string of the molecule is C.c1ccc(N(c2ccc3c(c2)c2ccccc2n3-c2ccccc2)c2ccc3c(c2)c2cc(N(c4ccccc4)c4ccc5c(c4)c4ccccc4n5-c4ccccc4)ccc2n3-c2ccccc2)cc1. The number of aromatic nitrogens is 3. The Labute approximate surface area is 418 Å². The molecule has 0 atom stereocenters. The van der Waals surface area contributed by atoms with E-state index in [1.807, 2.05) is 0 Å². The van der Waals surface area contributed by atoms with Crippen LogP contribution in [-0.2, 0) is 0 Å². The van der Waals surface area contributed by atoms with Crippen LogP contribution in [0.15, 0.2) is 273 Å². The highest BCUT2D eigenvalue weighted by molar-refractivity contribution is 6.14. The van der Waals surface area contributed by atoms with E-state index in [2.05, 4.69) is 296 Å². The molecule has 0 saturated heterocycles. The molecule has 0 bridgehead atoms. The second-order valence-electron chi connectivity index (χ2n) is 18.2. The highest BCUT2D eigenvalue weighted by Gasteiger charge is 2.23. The molecule has 72 heavy (non-hydrogen) atoms. The van der Waals surface area contributed by atoms with E-state index in [1.54, 1.807) is 0 Å². The van der Waals surface area contributed by atoms with E-state index in [0.29, 0.717) is 0 Å². The molecular formula is C67H49N5. The normalized spacial score (nSPS) is 11.5. The topological polar surface area (TPSA) is 21.3 Å². The van der Waals surface area contributed by atoms with Crippen molar-refractivity contribution >= 4 is 99.5 Å². The first-order valence-corrected chi connectivity index (χ1v) is 24.3. The number of para-hydroxylation sites is 7. The molecule has 0 aliphatic heterocycles. The maximum Gasteiger partial charge on any atom is 0.0542 e. The van der Waals surface area contributed by atoms with Crippen LogP contribution in [-0.4, -0.2) is 13.7 Å². The van der Waals surface area contributed by atoms with Crippen LogP contribution in [0.5, 0.6) is 0 Å². The monoisotopic (exact) mass is 923 g/mol. The second kappa shape index (κ2) is 17.4. The van der Waals surface area contributed by atoms with E-state index < -0.39 is 0 Å². The molecule has 14 aromatic rings. The molecule has 0 saturated carbocycles. The van der Waals surface area contributed by atoms with Gasteiger partial charge in [0.15, 0.2) is 0 Å². The van der Waals surface area contributed by atoms with Crippen LogP contribution in [0.2, 0.25) is 0 Å². The quantitative estimate of drug-likeness (QED) is 0.144. The van der Waals surface area contributed by atoms with E-state index in [9.17, 15) is 0 Å². The molecule has 5 heteroatoms. The summed E-state index contributed by atoms with van der Waals surface area (Å²) in [6.07, 6.45) is 0. The summed E-state index contributed by atoms with van der Waals surface area (Å²) in [5.74, 6) is 0. The predicted octanol–water partition coefficient (Wildman–Crippen LogP) is 18.6. The third-order valence-electron chi connectivity index (χ3n) is 14.1. The molecule has 0 amide bonds. The van der Waals surface area contributed by atoms with Gasteiger partial charge in [0.05, 0.1) is 33.1 Å². The summed E-state index contributed by atoms with van der Waals surface area (Å²) in [5.41, 5.74) is 16.9. The van der Waals surface area contributed by atoms with Gasteiger partial charge in [-0.2, -0.15) is 0 Å². The second-order valence-corrected chi connectivity index (χ2v) is 18.2. The highest BCUT2D eigenvalue weighted by atomic mass is 15.2. The summed E-state index contributed by atoms with van der Waals surface area (Å²) < 4.78 is 7.17. The van der Waals surface area contributed by atoms with Crippen molar-refractivity contribution in [2.45, 2.75) is 7.43 Å². The van der Waals surface area contributed by atoms with Crippen LogP contribution in [0.1, 0.15) is 7.43 Å². The lowest BCUT2D eigenvalue weighted by molar-refractivity contribution is 1.18. The van der Waals surface area contributed by atoms with E-state index in [-0.39, 0.29) is 7.43 Å². The van der Waals surface area contributed by atoms with E-state index >= 15 is 0 Å². The summed E-state index contributed by atoms with van der Waals surface area (Å²) in [6, 6.07) is 98.9. The maximum atomic E-state index is 2.41. The van der Waals surface area contributed by atoms with Gasteiger partial charge in [0, 0.05) is 83.5 Å². The summed E-state index contributed by atoms with van der Waals surface area (Å²) >= 11 is 0. The Morgan fingerprint density at radius 3 is 0.736 bits per heavy atom. The van der Waals surface area contributed by atoms with Crippen LogP contribution in [0.3, 0.4) is 0 Å². The Morgan fingerprint density at radius 2 is 0.431 bits per heavy atom. The molecule has 3 aromatic heterocycles. The van der Waals surface area contributed by atoms with E-state index in [4.69, 9.17) is 0 Å². The average Bonchev–Trinajstić information content (AvgIpc) is 4.07. The van der Waals surface area contributed by atoms with Gasteiger partial charge in [-0.1, -0.05) is 135 Å². The minimum absolute atomic E-state index is 0. The lowest BCUT2D eigenvalue weighted by atomic mass is 10.1. The summed E-state index contributed by atoms with van der Waals surface area (Å²) in [7, 11) is 0. The number of nitrogens with zero attached hydrogens (tertiary/aromatic N) is 5. The first-order chi connectivity index (χ1) is 35.2. The Bertz CT molecular complexity index is 4010. The van der Waals surface area contributed by atoms with Crippen LogP contribution < -0.4 is 9.80 Å². The first kappa shape index (κ1) is 42.5. The molecule has 5 nitrogen and oxygen atoms in total. The minimum Gasteiger partial charge on any atom is -0.310 e. The maximum absolute atomic E-state index is 2.41. The van der Waals surface area contributed by atoms with Crippen molar-refractivity contribution in [2.24, 2.45) is 0 Å². The van der Waals surface area contributed by atoms with Crippen LogP contribution in [0, 0.1) is 0 Å². The predicted molar refractivity (Wildman–Crippen MR) is 306 cm³/mol. The van der Waals surface area contributed by atoms with Crippen LogP contribution in [0.4, 0.5) is 34.1 Å². The van der Waals surface area contributed by atoms with Crippen LogP contribution >= 0.6 is 0 Å². The van der Waals surface area contributed by atoms with Crippen molar-refractivity contribution in [3.05, 3.63) is 273 Å². The summed E-state index contributed by atoms with van der Waals surface area (Å²) in [5, 5.41) is 7.19. The molecule has 0 fully saturated rings. The van der Waals surface area contributed by atoms with E-state index in [1.165, 1.54) is 54.4 Å². The standard InChI is InChI=1S/C66H45N5.CH4/c1-6-20-46(21-7-1)67(51-34-38-63-57(42-51)55-30-16-18-32-61(55)69(63)48-24-10-3-11-25-48)53-36-40-65-59(44-53)60-45-54(37-41-66(60)71(65)50-28-14-5-15-29-50)68(47-22-8-2-9-23-47)52-35-39-64-58(43-52)56-31-17-19-33-62(56)70(64)49-26-12-4-13-27-49;/h1-45H;1H4. The zero-order valence-corrected chi connectivity index (χ0v) is 38.7. The minimum atomic E-state index is 0. The van der Waals surface area contributed by atoms with Crippen molar-refractivity contribution in [2.75, 3.05) is 9.80 Å². The number of fused-ring (bicyclic) bond motifs is 9. The number of rotatable bonds is 9. The molecule has 0 N–H and O–H groups in total. The van der Waals surface area contributed by atoms with Gasteiger partial charge in [0.2, 0.25) is 0 Å². The van der Waals surface area contributed by atoms with Gasteiger partial charge < -0.3 is 23.5 Å². The fourth-order valence-electron chi connectivity index (χ4n) is 11.1. The van der Waals surface area contributed by atoms with Gasteiger partial charge in [-0.3, -0.25) is 0 Å². The largest absolute Gasteiger partial charge is 0.310 e. The number of hydrogen-bond acceptors (Lipinski definition) is 2. The van der Waals surface area contributed by atoms with Crippen molar-refractivity contribution < 1.29 is 0 Å². The lowest BCUT2D eigenvalue weighted by Gasteiger charge is -2.26. The Kier molecular flexibility index (Phi) is 10.3. The fourth-order valence-corrected chi connectivity index (χ4v) is 11.1. The number of benzene rings is 11. The Balaban J connectivity index is 0.00000504. The molecule has 3 heterocycles. The molecule has 11 aromatic carbocycles. The molecule has 0 aliphatic carbocycles. The van der Waals surface area contributed by atoms with Crippen molar-refractivity contribution in [1.82, 2.24) is 13.7 Å². The third-order valence-corrected chi connectivity index (χ3v) is 14.1. The average molecular weight is 924 g/mol. The summed E-state index contributed by atoms with van der Waals surface area (Å²) in [4.78, 5) is 4.81. The third kappa shape index (κ3) is 6.85. The molecule has 0 spiro atoms. The number of anilines is 6. The molecule has 14 rings (SSSR count). The van der Waals surface area contributed by atoms with Gasteiger partial charge in [-0.05, 0) is 146 Å².